The van der Waals surface area contributed by atoms with E-state index in [1.54, 1.807) is 11.2 Å². The third-order valence-electron chi connectivity index (χ3n) is 5.02. The Morgan fingerprint density at radius 3 is 2.78 bits per heavy atom. The molecule has 0 spiro atoms. The maximum Gasteiger partial charge on any atom is 0.224 e. The van der Waals surface area contributed by atoms with Crippen LogP contribution >= 0.6 is 0 Å². The molecule has 1 amide bonds. The Balaban J connectivity index is 1.47. The van der Waals surface area contributed by atoms with E-state index in [1.807, 2.05) is 54.1 Å². The number of para-hydroxylation sites is 3. The Hall–Kier alpha value is -3.08. The number of carbonyl (C=O) groups excluding carboxylic acids is 1. The third kappa shape index (κ3) is 3.33. The van der Waals surface area contributed by atoms with Crippen LogP contribution in [-0.4, -0.2) is 27.4 Å². The zero-order chi connectivity index (χ0) is 18.8. The quantitative estimate of drug-likeness (QED) is 0.512. The summed E-state index contributed by atoms with van der Waals surface area (Å²) >= 11 is 0. The molecule has 5 heteroatoms. The number of nitrogens with zero attached hydrogens (tertiary/aromatic N) is 3. The first kappa shape index (κ1) is 17.3. The molecule has 0 aliphatic rings. The van der Waals surface area contributed by atoms with Crippen molar-refractivity contribution in [3.63, 3.8) is 0 Å². The van der Waals surface area contributed by atoms with Crippen molar-refractivity contribution >= 4 is 27.9 Å². The van der Waals surface area contributed by atoms with E-state index in [0.717, 1.165) is 39.7 Å². The molecule has 4 rings (SSSR count). The highest BCUT2D eigenvalue weighted by Crippen LogP contribution is 2.27. The van der Waals surface area contributed by atoms with Gasteiger partial charge in [-0.1, -0.05) is 37.3 Å². The summed E-state index contributed by atoms with van der Waals surface area (Å²) in [6.07, 6.45) is 3.05. The van der Waals surface area contributed by atoms with Gasteiger partial charge in [-0.25, -0.2) is 4.98 Å². The second-order valence-electron chi connectivity index (χ2n) is 6.78. The molecular formula is C22H23N3O2. The minimum absolute atomic E-state index is 0.111. The number of rotatable bonds is 6. The fraction of sp³-hybridized carbons (Fsp3) is 0.273. The summed E-state index contributed by atoms with van der Waals surface area (Å²) < 4.78 is 7.98. The van der Waals surface area contributed by atoms with Crippen molar-refractivity contribution in [2.75, 3.05) is 7.05 Å². The molecule has 138 valence electrons. The normalized spacial score (nSPS) is 11.3. The van der Waals surface area contributed by atoms with E-state index in [-0.39, 0.29) is 5.91 Å². The van der Waals surface area contributed by atoms with Gasteiger partial charge < -0.3 is 13.9 Å². The van der Waals surface area contributed by atoms with Gasteiger partial charge in [0.1, 0.15) is 11.3 Å². The molecule has 0 aliphatic heterocycles. The number of fused-ring (bicyclic) bond motifs is 2. The van der Waals surface area contributed by atoms with Crippen LogP contribution in [0.25, 0.3) is 22.0 Å². The molecule has 0 bridgehead atoms. The molecule has 0 N–H and O–H groups in total. The maximum atomic E-state index is 12.7. The van der Waals surface area contributed by atoms with E-state index in [1.165, 1.54) is 0 Å². The van der Waals surface area contributed by atoms with Gasteiger partial charge in [0.2, 0.25) is 5.91 Å². The number of hydrogen-bond donors (Lipinski definition) is 0. The van der Waals surface area contributed by atoms with Gasteiger partial charge in [0.15, 0.2) is 0 Å². The summed E-state index contributed by atoms with van der Waals surface area (Å²) in [7, 11) is 1.86. The lowest BCUT2D eigenvalue weighted by atomic mass is 10.1. The Bertz CT molecular complexity index is 1090. The van der Waals surface area contributed by atoms with Crippen molar-refractivity contribution in [3.8, 4) is 0 Å². The second kappa shape index (κ2) is 7.27. The van der Waals surface area contributed by atoms with Gasteiger partial charge in [0.05, 0.1) is 17.4 Å². The van der Waals surface area contributed by atoms with Crippen molar-refractivity contribution in [1.29, 1.82) is 0 Å². The molecule has 0 fully saturated rings. The molecular weight excluding hydrogens is 338 g/mol. The molecule has 2 heterocycles. The topological polar surface area (TPSA) is 51.3 Å². The zero-order valence-electron chi connectivity index (χ0n) is 15.7. The predicted molar refractivity (Wildman–Crippen MR) is 106 cm³/mol. The van der Waals surface area contributed by atoms with E-state index >= 15 is 0 Å². The van der Waals surface area contributed by atoms with Gasteiger partial charge in [-0.05, 0) is 18.2 Å². The SMILES string of the molecule is CCc1oc2ccccc2c1CN(C)C(=O)CCn1cnc2ccccc21. The minimum Gasteiger partial charge on any atom is -0.461 e. The fourth-order valence-electron chi connectivity index (χ4n) is 3.53. The molecule has 5 nitrogen and oxygen atoms in total. The monoisotopic (exact) mass is 361 g/mol. The summed E-state index contributed by atoms with van der Waals surface area (Å²) in [5.41, 5.74) is 4.00. The highest BCUT2D eigenvalue weighted by Gasteiger charge is 2.17. The van der Waals surface area contributed by atoms with Crippen LogP contribution in [0.2, 0.25) is 0 Å². The van der Waals surface area contributed by atoms with E-state index in [0.29, 0.717) is 19.5 Å². The summed E-state index contributed by atoms with van der Waals surface area (Å²) in [5.74, 6) is 1.07. The van der Waals surface area contributed by atoms with Crippen molar-refractivity contribution < 1.29 is 9.21 Å². The zero-order valence-corrected chi connectivity index (χ0v) is 15.7. The van der Waals surface area contributed by atoms with Crippen molar-refractivity contribution in [3.05, 3.63) is 66.2 Å². The number of amides is 1. The molecule has 4 aromatic rings. The van der Waals surface area contributed by atoms with Crippen molar-refractivity contribution in [2.45, 2.75) is 32.9 Å². The van der Waals surface area contributed by atoms with Gasteiger partial charge in [-0.15, -0.1) is 0 Å². The average molecular weight is 361 g/mol. The Labute approximate surface area is 158 Å². The van der Waals surface area contributed by atoms with Crippen LogP contribution in [0.15, 0.2) is 59.3 Å². The molecule has 0 atom stereocenters. The maximum absolute atomic E-state index is 12.7. The molecule has 2 aromatic carbocycles. The van der Waals surface area contributed by atoms with Gasteiger partial charge in [0.25, 0.3) is 0 Å². The number of aryl methyl sites for hydroxylation is 2. The lowest BCUT2D eigenvalue weighted by Gasteiger charge is -2.17. The van der Waals surface area contributed by atoms with E-state index in [9.17, 15) is 4.79 Å². The highest BCUT2D eigenvalue weighted by atomic mass is 16.3. The first-order valence-corrected chi connectivity index (χ1v) is 9.30. The molecule has 0 aliphatic carbocycles. The number of hydrogen-bond acceptors (Lipinski definition) is 3. The van der Waals surface area contributed by atoms with Crippen LogP contribution in [0.4, 0.5) is 0 Å². The molecule has 2 aromatic heterocycles. The molecule has 27 heavy (non-hydrogen) atoms. The second-order valence-corrected chi connectivity index (χ2v) is 6.78. The van der Waals surface area contributed by atoms with Crippen LogP contribution in [0.5, 0.6) is 0 Å². The van der Waals surface area contributed by atoms with Crippen LogP contribution < -0.4 is 0 Å². The summed E-state index contributed by atoms with van der Waals surface area (Å²) in [6.45, 7) is 3.26. The number of imidazole rings is 1. The lowest BCUT2D eigenvalue weighted by Crippen LogP contribution is -2.27. The number of aromatic nitrogens is 2. The third-order valence-corrected chi connectivity index (χ3v) is 5.02. The van der Waals surface area contributed by atoms with Gasteiger partial charge in [-0.2, -0.15) is 0 Å². The summed E-state index contributed by atoms with van der Waals surface area (Å²) in [5, 5.41) is 1.09. The molecule has 0 saturated carbocycles. The van der Waals surface area contributed by atoms with E-state index < -0.39 is 0 Å². The first-order valence-electron chi connectivity index (χ1n) is 9.30. The Kier molecular flexibility index (Phi) is 4.67. The van der Waals surface area contributed by atoms with Gasteiger partial charge in [0, 0.05) is 43.9 Å². The first-order chi connectivity index (χ1) is 13.2. The molecule has 0 unspecified atom stereocenters. The number of benzene rings is 2. The van der Waals surface area contributed by atoms with Crippen LogP contribution in [0.1, 0.15) is 24.7 Å². The predicted octanol–water partition coefficient (Wildman–Crippen LogP) is 4.39. The van der Waals surface area contributed by atoms with E-state index in [2.05, 4.69) is 18.0 Å². The minimum atomic E-state index is 0.111. The Morgan fingerprint density at radius 2 is 1.93 bits per heavy atom. The molecule has 0 radical (unpaired) electrons. The molecule has 0 saturated heterocycles. The lowest BCUT2D eigenvalue weighted by molar-refractivity contribution is -0.130. The highest BCUT2D eigenvalue weighted by molar-refractivity contribution is 5.83. The summed E-state index contributed by atoms with van der Waals surface area (Å²) in [4.78, 5) is 18.9. The average Bonchev–Trinajstić information content (AvgIpc) is 3.27. The standard InChI is InChI=1S/C22H23N3O2/c1-3-20-17(16-8-4-7-11-21(16)27-20)14-24(2)22(26)12-13-25-15-23-18-9-5-6-10-19(18)25/h4-11,15H,3,12-14H2,1-2H3. The smallest absolute Gasteiger partial charge is 0.224 e. The number of furan rings is 1. The fourth-order valence-corrected chi connectivity index (χ4v) is 3.53. The van der Waals surface area contributed by atoms with E-state index in [4.69, 9.17) is 4.42 Å². The number of carbonyl (C=O) groups is 1. The largest absolute Gasteiger partial charge is 0.461 e. The van der Waals surface area contributed by atoms with Gasteiger partial charge in [-0.3, -0.25) is 4.79 Å². The van der Waals surface area contributed by atoms with Crippen molar-refractivity contribution in [1.82, 2.24) is 14.5 Å². The Morgan fingerprint density at radius 1 is 1.15 bits per heavy atom. The van der Waals surface area contributed by atoms with Gasteiger partial charge >= 0.3 is 0 Å². The van der Waals surface area contributed by atoms with Crippen LogP contribution in [0, 0.1) is 0 Å². The van der Waals surface area contributed by atoms with Crippen LogP contribution in [0.3, 0.4) is 0 Å². The van der Waals surface area contributed by atoms with Crippen LogP contribution in [-0.2, 0) is 24.3 Å². The summed E-state index contributed by atoms with van der Waals surface area (Å²) in [6, 6.07) is 16.0. The van der Waals surface area contributed by atoms with Crippen molar-refractivity contribution in [2.24, 2.45) is 0 Å².